The topological polar surface area (TPSA) is 0 Å². The molecule has 22 heavy (non-hydrogen) atoms. The molecule has 2 heteroatoms. The zero-order valence-electron chi connectivity index (χ0n) is 12.8. The Kier molecular flexibility index (Phi) is 3.71. The van der Waals surface area contributed by atoms with Crippen LogP contribution in [0.1, 0.15) is 0 Å². The molecular formula is C20H18SSn+. The predicted octanol–water partition coefficient (Wildman–Crippen LogP) is 5.69. The van der Waals surface area contributed by atoms with E-state index in [2.05, 4.69) is 82.7 Å². The minimum atomic E-state index is -1.32. The van der Waals surface area contributed by atoms with Crippen LogP contribution in [0.2, 0.25) is 9.88 Å². The molecule has 0 nitrogen and oxygen atoms in total. The van der Waals surface area contributed by atoms with E-state index in [1.807, 2.05) is 0 Å². The van der Waals surface area contributed by atoms with Crippen LogP contribution in [0, 0.1) is 0 Å². The summed E-state index contributed by atoms with van der Waals surface area (Å²) < 4.78 is 4.61. The average molecular weight is 409 g/mol. The Morgan fingerprint density at radius 2 is 1.36 bits per heavy atom. The second-order valence-electron chi connectivity index (χ2n) is 5.83. The van der Waals surface area contributed by atoms with Crippen molar-refractivity contribution in [3.05, 3.63) is 72.8 Å². The van der Waals surface area contributed by atoms with Gasteiger partial charge in [-0.3, -0.25) is 0 Å². The summed E-state index contributed by atoms with van der Waals surface area (Å²) >= 11 is -1.32. The van der Waals surface area contributed by atoms with Crippen LogP contribution in [0.4, 0.5) is 0 Å². The summed E-state index contributed by atoms with van der Waals surface area (Å²) in [4.78, 5) is 6.34. The normalized spacial score (nSPS) is 12.4. The molecule has 3 aromatic carbocycles. The van der Waals surface area contributed by atoms with E-state index in [1.165, 1.54) is 25.1 Å². The summed E-state index contributed by atoms with van der Waals surface area (Å²) in [5.41, 5.74) is 0. The SMILES string of the molecule is [CH3][Sn]([CH3])[c]1ccc2c(c1)c1ccccc1[s+]2-c1ccccc1. The molecule has 1 heterocycles. The van der Waals surface area contributed by atoms with Crippen LogP contribution in [0.5, 0.6) is 0 Å². The van der Waals surface area contributed by atoms with Gasteiger partial charge in [0.05, 0.1) is 0 Å². The molecular weight excluding hydrogens is 391 g/mol. The van der Waals surface area contributed by atoms with Crippen molar-refractivity contribution in [2.45, 2.75) is 9.88 Å². The Bertz CT molecular complexity index is 951. The number of hydrogen-bond acceptors (Lipinski definition) is 0. The maximum absolute atomic E-state index is 2.48. The van der Waals surface area contributed by atoms with Crippen molar-refractivity contribution in [1.29, 1.82) is 0 Å². The molecule has 1 atom stereocenters. The van der Waals surface area contributed by atoms with Crippen molar-refractivity contribution in [2.75, 3.05) is 0 Å². The molecule has 0 N–H and O–H groups in total. The molecule has 0 aliphatic heterocycles. The molecule has 0 saturated heterocycles. The van der Waals surface area contributed by atoms with Gasteiger partial charge in [0.25, 0.3) is 0 Å². The van der Waals surface area contributed by atoms with E-state index in [-0.39, 0.29) is 10.5 Å². The molecule has 4 rings (SSSR count). The van der Waals surface area contributed by atoms with Gasteiger partial charge in [-0.05, 0) is 0 Å². The standard InChI is InChI=1S/C18H12S.2CH3.Sn/c1-2-8-14(9-3-1)19-17-12-6-4-10-15(17)16-11-5-7-13-18(16)19;;;/h1-4,6-13H;2*1H3;/q+1;;;. The van der Waals surface area contributed by atoms with Gasteiger partial charge < -0.3 is 0 Å². The van der Waals surface area contributed by atoms with Crippen LogP contribution in [-0.4, -0.2) is 19.8 Å². The van der Waals surface area contributed by atoms with Crippen LogP contribution in [0.15, 0.2) is 72.8 Å². The van der Waals surface area contributed by atoms with Crippen molar-refractivity contribution >= 4 is 54.0 Å². The predicted molar refractivity (Wildman–Crippen MR) is 102 cm³/mol. The van der Waals surface area contributed by atoms with E-state index in [9.17, 15) is 0 Å². The summed E-state index contributed by atoms with van der Waals surface area (Å²) in [6, 6.07) is 27.2. The van der Waals surface area contributed by atoms with Gasteiger partial charge >= 0.3 is 142 Å². The third kappa shape index (κ3) is 2.27. The Morgan fingerprint density at radius 3 is 2.14 bits per heavy atom. The Labute approximate surface area is 141 Å². The molecule has 4 aromatic rings. The minimum absolute atomic E-state index is 0.0598. The molecule has 1 aromatic heterocycles. The van der Waals surface area contributed by atoms with Crippen LogP contribution in [0.3, 0.4) is 0 Å². The van der Waals surface area contributed by atoms with Gasteiger partial charge in [0.1, 0.15) is 0 Å². The second kappa shape index (κ2) is 5.71. The molecule has 1 radical (unpaired) electrons. The third-order valence-electron chi connectivity index (χ3n) is 4.15. The van der Waals surface area contributed by atoms with Crippen LogP contribution >= 0.6 is 10.5 Å². The van der Waals surface area contributed by atoms with Gasteiger partial charge in [0.2, 0.25) is 0 Å². The van der Waals surface area contributed by atoms with Crippen LogP contribution < -0.4 is 3.58 Å². The summed E-state index contributed by atoms with van der Waals surface area (Å²) in [6.07, 6.45) is 0. The Hall–Kier alpha value is -1.32. The molecule has 0 aliphatic rings. The summed E-state index contributed by atoms with van der Waals surface area (Å²) in [6.45, 7) is 0. The van der Waals surface area contributed by atoms with E-state index < -0.39 is 19.8 Å². The summed E-state index contributed by atoms with van der Waals surface area (Å²) in [7, 11) is 0.0598. The zero-order chi connectivity index (χ0) is 15.1. The van der Waals surface area contributed by atoms with Crippen LogP contribution in [-0.2, 0) is 0 Å². The monoisotopic (exact) mass is 410 g/mol. The van der Waals surface area contributed by atoms with E-state index >= 15 is 0 Å². The zero-order valence-corrected chi connectivity index (χ0v) is 16.5. The van der Waals surface area contributed by atoms with Crippen molar-refractivity contribution < 1.29 is 0 Å². The van der Waals surface area contributed by atoms with Gasteiger partial charge in [0, 0.05) is 0 Å². The third-order valence-corrected chi connectivity index (χ3v) is 10.7. The summed E-state index contributed by atoms with van der Waals surface area (Å²) in [5, 5.41) is 2.92. The van der Waals surface area contributed by atoms with Crippen molar-refractivity contribution in [2.24, 2.45) is 0 Å². The van der Waals surface area contributed by atoms with E-state index in [0.717, 1.165) is 0 Å². The van der Waals surface area contributed by atoms with Gasteiger partial charge in [-0.1, -0.05) is 0 Å². The molecule has 0 saturated carbocycles. The second-order valence-corrected chi connectivity index (χ2v) is 15.1. The molecule has 107 valence electrons. The fourth-order valence-corrected chi connectivity index (χ4v) is 7.83. The van der Waals surface area contributed by atoms with E-state index in [0.29, 0.717) is 0 Å². The van der Waals surface area contributed by atoms with Gasteiger partial charge in [0.15, 0.2) is 0 Å². The molecule has 0 amide bonds. The summed E-state index contributed by atoms with van der Waals surface area (Å²) in [5.74, 6) is 0. The first-order valence-corrected chi connectivity index (χ1v) is 15.9. The quantitative estimate of drug-likeness (QED) is 0.295. The molecule has 1 unspecified atom stereocenters. The fraction of sp³-hybridized carbons (Fsp3) is 0.100. The molecule has 0 fully saturated rings. The number of benzene rings is 3. The molecule has 0 bridgehead atoms. The van der Waals surface area contributed by atoms with E-state index in [1.54, 1.807) is 3.58 Å². The van der Waals surface area contributed by atoms with Crippen molar-refractivity contribution in [3.8, 4) is 4.90 Å². The van der Waals surface area contributed by atoms with Gasteiger partial charge in [-0.2, -0.15) is 0 Å². The maximum atomic E-state index is 2.48. The van der Waals surface area contributed by atoms with Crippen LogP contribution in [0.25, 0.3) is 25.1 Å². The number of fused-ring (bicyclic) bond motifs is 3. The van der Waals surface area contributed by atoms with E-state index in [4.69, 9.17) is 0 Å². The first-order chi connectivity index (χ1) is 10.8. The average Bonchev–Trinajstić information content (AvgIpc) is 2.89. The van der Waals surface area contributed by atoms with Crippen molar-refractivity contribution in [1.82, 2.24) is 0 Å². The first-order valence-electron chi connectivity index (χ1n) is 7.59. The number of thiophene rings is 1. The first kappa shape index (κ1) is 14.3. The van der Waals surface area contributed by atoms with Gasteiger partial charge in [-0.25, -0.2) is 0 Å². The van der Waals surface area contributed by atoms with Gasteiger partial charge in [-0.15, -0.1) is 0 Å². The Morgan fingerprint density at radius 1 is 0.682 bits per heavy atom. The molecule has 0 spiro atoms. The Balaban J connectivity index is 2.14. The number of hydrogen-bond donors (Lipinski definition) is 0. The fourth-order valence-electron chi connectivity index (χ4n) is 3.03. The van der Waals surface area contributed by atoms with Crippen molar-refractivity contribution in [3.63, 3.8) is 0 Å². The number of rotatable bonds is 2. The molecule has 0 aliphatic carbocycles.